The van der Waals surface area contributed by atoms with Crippen LogP contribution in [0.2, 0.25) is 5.02 Å². The second kappa shape index (κ2) is 6.71. The zero-order valence-electron chi connectivity index (χ0n) is 11.4. The Morgan fingerprint density at radius 3 is 2.95 bits per heavy atom. The van der Waals surface area contributed by atoms with Crippen molar-refractivity contribution in [1.82, 2.24) is 30.4 Å². The number of rotatable bonds is 6. The first kappa shape index (κ1) is 14.7. The van der Waals surface area contributed by atoms with Crippen molar-refractivity contribution in [3.8, 4) is 11.5 Å². The lowest BCUT2D eigenvalue weighted by molar-refractivity contribution is 0.528. The van der Waals surface area contributed by atoms with Crippen molar-refractivity contribution in [1.29, 1.82) is 0 Å². The van der Waals surface area contributed by atoms with E-state index in [2.05, 4.69) is 32.3 Å². The van der Waals surface area contributed by atoms with Crippen molar-refractivity contribution >= 4 is 23.4 Å². The van der Waals surface area contributed by atoms with Gasteiger partial charge in [-0.3, -0.25) is 0 Å². The van der Waals surface area contributed by atoms with Crippen LogP contribution in [0.15, 0.2) is 46.5 Å². The molecule has 112 valence electrons. The number of tetrazole rings is 1. The summed E-state index contributed by atoms with van der Waals surface area (Å²) in [6.07, 6.45) is 1.72. The molecule has 0 saturated carbocycles. The van der Waals surface area contributed by atoms with E-state index in [1.54, 1.807) is 16.8 Å². The summed E-state index contributed by atoms with van der Waals surface area (Å²) in [6, 6.07) is 7.32. The van der Waals surface area contributed by atoms with Gasteiger partial charge in [-0.15, -0.1) is 21.9 Å². The number of hydrogen-bond acceptors (Lipinski definition) is 7. The van der Waals surface area contributed by atoms with Crippen LogP contribution in [0.3, 0.4) is 0 Å². The molecule has 0 fully saturated rings. The minimum atomic E-state index is 0.395. The third-order valence-corrected chi connectivity index (χ3v) is 3.97. The molecule has 2 aromatic heterocycles. The lowest BCUT2D eigenvalue weighted by atomic mass is 10.2. The minimum Gasteiger partial charge on any atom is -0.420 e. The predicted octanol–water partition coefficient (Wildman–Crippen LogP) is 2.85. The molecule has 0 aliphatic heterocycles. The summed E-state index contributed by atoms with van der Waals surface area (Å²) < 4.78 is 7.27. The molecular weight excluding hydrogens is 324 g/mol. The Balaban J connectivity index is 1.71. The van der Waals surface area contributed by atoms with Crippen LogP contribution in [0, 0.1) is 0 Å². The van der Waals surface area contributed by atoms with E-state index in [1.807, 2.05) is 18.2 Å². The van der Waals surface area contributed by atoms with E-state index in [-0.39, 0.29) is 0 Å². The molecule has 0 N–H and O–H groups in total. The quantitative estimate of drug-likeness (QED) is 0.506. The fraction of sp³-hybridized carbons (Fsp3) is 0.154. The number of allylic oxidation sites excluding steroid dienone is 1. The van der Waals surface area contributed by atoms with E-state index in [4.69, 9.17) is 16.0 Å². The first-order chi connectivity index (χ1) is 10.8. The molecule has 1 aromatic carbocycles. The van der Waals surface area contributed by atoms with Gasteiger partial charge in [-0.2, -0.15) is 0 Å². The van der Waals surface area contributed by atoms with Gasteiger partial charge in [-0.1, -0.05) is 41.6 Å². The largest absolute Gasteiger partial charge is 0.420 e. The highest BCUT2D eigenvalue weighted by atomic mass is 35.5. The Morgan fingerprint density at radius 2 is 2.14 bits per heavy atom. The van der Waals surface area contributed by atoms with Crippen LogP contribution in [-0.4, -0.2) is 30.4 Å². The van der Waals surface area contributed by atoms with Crippen molar-refractivity contribution in [3.05, 3.63) is 47.8 Å². The number of halogens is 1. The first-order valence-corrected chi connectivity index (χ1v) is 7.71. The molecule has 0 radical (unpaired) electrons. The van der Waals surface area contributed by atoms with Crippen LogP contribution in [0.5, 0.6) is 0 Å². The maximum atomic E-state index is 6.11. The highest BCUT2D eigenvalue weighted by Crippen LogP contribution is 2.27. The Kier molecular flexibility index (Phi) is 4.50. The average Bonchev–Trinajstić information content (AvgIpc) is 3.15. The van der Waals surface area contributed by atoms with Gasteiger partial charge in [0.05, 0.1) is 22.9 Å². The second-order valence-corrected chi connectivity index (χ2v) is 5.55. The lowest BCUT2D eigenvalue weighted by Gasteiger charge is -1.99. The van der Waals surface area contributed by atoms with Crippen LogP contribution >= 0.6 is 23.4 Å². The van der Waals surface area contributed by atoms with E-state index in [0.29, 0.717) is 39.8 Å². The van der Waals surface area contributed by atoms with E-state index in [0.717, 1.165) is 0 Å². The Hall–Kier alpha value is -2.19. The van der Waals surface area contributed by atoms with Crippen molar-refractivity contribution < 1.29 is 4.42 Å². The fourth-order valence-electron chi connectivity index (χ4n) is 1.72. The molecule has 0 saturated heterocycles. The number of aromatic nitrogens is 6. The third-order valence-electron chi connectivity index (χ3n) is 2.70. The summed E-state index contributed by atoms with van der Waals surface area (Å²) in [5.41, 5.74) is 0.712. The number of nitrogens with zero attached hydrogens (tertiary/aromatic N) is 6. The van der Waals surface area contributed by atoms with Gasteiger partial charge >= 0.3 is 0 Å². The molecule has 9 heteroatoms. The maximum absolute atomic E-state index is 6.11. The third kappa shape index (κ3) is 3.18. The zero-order valence-corrected chi connectivity index (χ0v) is 13.0. The molecule has 7 nitrogen and oxygen atoms in total. The van der Waals surface area contributed by atoms with Gasteiger partial charge in [0.2, 0.25) is 16.9 Å². The molecule has 0 spiro atoms. The summed E-state index contributed by atoms with van der Waals surface area (Å²) >= 11 is 7.52. The van der Waals surface area contributed by atoms with Crippen molar-refractivity contribution in [2.75, 3.05) is 0 Å². The van der Waals surface area contributed by atoms with Gasteiger partial charge in [0, 0.05) is 0 Å². The number of benzene rings is 1. The fourth-order valence-corrected chi connectivity index (χ4v) is 2.66. The molecule has 0 bridgehead atoms. The number of thioether (sulfide) groups is 1. The normalized spacial score (nSPS) is 10.8. The molecule has 2 heterocycles. The predicted molar refractivity (Wildman–Crippen MR) is 82.3 cm³/mol. The van der Waals surface area contributed by atoms with Crippen LogP contribution in [0.25, 0.3) is 11.5 Å². The molecule has 0 aliphatic carbocycles. The molecule has 0 atom stereocenters. The standard InChI is InChI=1S/C13H11ClN6OS/c1-2-7-20-13(17-18-19-20)22-8-11-15-16-12(21-11)9-5-3-4-6-10(9)14/h2-6H,1,7-8H2. The Morgan fingerprint density at radius 1 is 1.27 bits per heavy atom. The van der Waals surface area contributed by atoms with E-state index in [1.165, 1.54) is 11.8 Å². The summed E-state index contributed by atoms with van der Waals surface area (Å²) in [5, 5.41) is 20.7. The molecule has 0 unspecified atom stereocenters. The summed E-state index contributed by atoms with van der Waals surface area (Å²) in [6.45, 7) is 4.21. The van der Waals surface area contributed by atoms with E-state index in [9.17, 15) is 0 Å². The van der Waals surface area contributed by atoms with Crippen molar-refractivity contribution in [2.24, 2.45) is 0 Å². The maximum Gasteiger partial charge on any atom is 0.249 e. The minimum absolute atomic E-state index is 0.395. The lowest BCUT2D eigenvalue weighted by Crippen LogP contribution is -1.99. The molecule has 3 aromatic rings. The zero-order chi connectivity index (χ0) is 15.4. The van der Waals surface area contributed by atoms with Crippen molar-refractivity contribution in [3.63, 3.8) is 0 Å². The Bertz CT molecular complexity index is 786. The molecule has 3 rings (SSSR count). The highest BCUT2D eigenvalue weighted by Gasteiger charge is 2.13. The van der Waals surface area contributed by atoms with E-state index < -0.39 is 0 Å². The van der Waals surface area contributed by atoms with Gasteiger partial charge in [0.15, 0.2) is 0 Å². The van der Waals surface area contributed by atoms with Crippen LogP contribution in [0.4, 0.5) is 0 Å². The van der Waals surface area contributed by atoms with Crippen LogP contribution in [0.1, 0.15) is 5.89 Å². The van der Waals surface area contributed by atoms with Crippen LogP contribution < -0.4 is 0 Å². The monoisotopic (exact) mass is 334 g/mol. The van der Waals surface area contributed by atoms with Gasteiger partial charge < -0.3 is 4.42 Å². The number of hydrogen-bond donors (Lipinski definition) is 0. The Labute approximate surface area is 135 Å². The summed E-state index contributed by atoms with van der Waals surface area (Å²) in [4.78, 5) is 0. The smallest absolute Gasteiger partial charge is 0.249 e. The molecular formula is C13H11ClN6OS. The van der Waals surface area contributed by atoms with Gasteiger partial charge in [-0.05, 0) is 22.6 Å². The highest BCUT2D eigenvalue weighted by molar-refractivity contribution is 7.98. The van der Waals surface area contributed by atoms with Crippen molar-refractivity contribution in [2.45, 2.75) is 17.5 Å². The summed E-state index contributed by atoms with van der Waals surface area (Å²) in [7, 11) is 0. The SMILES string of the molecule is C=CCn1nnnc1SCc1nnc(-c2ccccc2Cl)o1. The van der Waals surface area contributed by atoms with Gasteiger partial charge in [0.25, 0.3) is 0 Å². The topological polar surface area (TPSA) is 82.5 Å². The van der Waals surface area contributed by atoms with E-state index >= 15 is 0 Å². The average molecular weight is 335 g/mol. The molecule has 22 heavy (non-hydrogen) atoms. The van der Waals surface area contributed by atoms with Gasteiger partial charge in [0.1, 0.15) is 0 Å². The molecule has 0 aliphatic rings. The summed E-state index contributed by atoms with van der Waals surface area (Å²) in [5.74, 6) is 1.34. The van der Waals surface area contributed by atoms with Gasteiger partial charge in [-0.25, -0.2) is 4.68 Å². The second-order valence-electron chi connectivity index (χ2n) is 4.20. The molecule has 0 amide bonds. The van der Waals surface area contributed by atoms with Crippen LogP contribution in [-0.2, 0) is 12.3 Å². The first-order valence-electron chi connectivity index (χ1n) is 6.35.